The van der Waals surface area contributed by atoms with Crippen LogP contribution in [0.1, 0.15) is 36.3 Å². The number of carbonyl (C=O) groups is 2. The Morgan fingerprint density at radius 2 is 2.00 bits per heavy atom. The van der Waals surface area contributed by atoms with Gasteiger partial charge in [0, 0.05) is 55.0 Å². The number of likely N-dealkylation sites (tertiary alicyclic amines) is 2. The van der Waals surface area contributed by atoms with E-state index in [1.54, 1.807) is 0 Å². The SMILES string of the molecule is CN1C[C@H](CN2C(=O)CCC2=O)CC2c3cccc4[nH]cc(c34)C[C@H]21. The second-order valence-corrected chi connectivity index (χ2v) is 7.90. The van der Waals surface area contributed by atoms with Crippen LogP contribution in [0.3, 0.4) is 0 Å². The maximum Gasteiger partial charge on any atom is 0.229 e. The molecule has 3 aliphatic rings. The van der Waals surface area contributed by atoms with Gasteiger partial charge in [-0.15, -0.1) is 0 Å². The third-order valence-corrected chi connectivity index (χ3v) is 6.41. The van der Waals surface area contributed by atoms with Crippen LogP contribution < -0.4 is 0 Å². The highest BCUT2D eigenvalue weighted by Crippen LogP contribution is 2.44. The molecule has 0 radical (unpaired) electrons. The molecule has 2 aliphatic heterocycles. The van der Waals surface area contributed by atoms with Crippen LogP contribution in [0, 0.1) is 5.92 Å². The number of H-pyrrole nitrogens is 1. The molecule has 5 rings (SSSR count). The molecule has 1 aliphatic carbocycles. The molecule has 3 atom stereocenters. The molecule has 2 fully saturated rings. The Kier molecular flexibility index (Phi) is 3.29. The highest BCUT2D eigenvalue weighted by Gasteiger charge is 2.41. The summed E-state index contributed by atoms with van der Waals surface area (Å²) in [7, 11) is 2.19. The van der Waals surface area contributed by atoms with E-state index < -0.39 is 0 Å². The van der Waals surface area contributed by atoms with Gasteiger partial charge in [0.25, 0.3) is 0 Å². The highest BCUT2D eigenvalue weighted by molar-refractivity contribution is 6.01. The quantitative estimate of drug-likeness (QED) is 0.856. The molecule has 0 bridgehead atoms. The van der Waals surface area contributed by atoms with Gasteiger partial charge in [0.15, 0.2) is 0 Å². The Morgan fingerprint density at radius 3 is 2.80 bits per heavy atom. The van der Waals surface area contributed by atoms with Crippen molar-refractivity contribution in [2.45, 2.75) is 37.6 Å². The zero-order valence-electron chi connectivity index (χ0n) is 14.5. The van der Waals surface area contributed by atoms with Crippen molar-refractivity contribution in [3.05, 3.63) is 35.5 Å². The first-order valence-corrected chi connectivity index (χ1v) is 9.24. The summed E-state index contributed by atoms with van der Waals surface area (Å²) in [4.78, 5) is 31.3. The number of amides is 2. The number of carbonyl (C=O) groups excluding carboxylic acids is 2. The first-order valence-electron chi connectivity index (χ1n) is 9.24. The van der Waals surface area contributed by atoms with Crippen molar-refractivity contribution >= 4 is 22.7 Å². The Bertz CT molecular complexity index is 855. The minimum absolute atomic E-state index is 0.00782. The monoisotopic (exact) mass is 337 g/mol. The predicted octanol–water partition coefficient (Wildman–Crippen LogP) is 2.28. The van der Waals surface area contributed by atoms with E-state index in [0.29, 0.717) is 37.3 Å². The summed E-state index contributed by atoms with van der Waals surface area (Å²) in [6.07, 6.45) is 5.06. The van der Waals surface area contributed by atoms with Crippen LogP contribution in [0.25, 0.3) is 10.9 Å². The molecule has 2 saturated heterocycles. The third-order valence-electron chi connectivity index (χ3n) is 6.41. The smallest absolute Gasteiger partial charge is 0.229 e. The fraction of sp³-hybridized carbons (Fsp3) is 0.500. The number of nitrogens with one attached hydrogen (secondary N) is 1. The number of likely N-dealkylation sites (N-methyl/N-ethyl adjacent to an activating group) is 1. The fourth-order valence-corrected chi connectivity index (χ4v) is 5.27. The van der Waals surface area contributed by atoms with Gasteiger partial charge in [-0.05, 0) is 43.0 Å². The van der Waals surface area contributed by atoms with E-state index in [9.17, 15) is 9.59 Å². The van der Waals surface area contributed by atoms with Crippen molar-refractivity contribution in [2.75, 3.05) is 20.1 Å². The number of imide groups is 1. The molecule has 5 nitrogen and oxygen atoms in total. The largest absolute Gasteiger partial charge is 0.361 e. The maximum absolute atomic E-state index is 12.0. The number of piperidine rings is 1. The number of fused-ring (bicyclic) bond motifs is 2. The Morgan fingerprint density at radius 1 is 1.20 bits per heavy atom. The first-order chi connectivity index (χ1) is 12.1. The molecule has 2 aromatic rings. The lowest BCUT2D eigenvalue weighted by Gasteiger charge is -2.46. The second-order valence-electron chi connectivity index (χ2n) is 7.90. The second kappa shape index (κ2) is 5.43. The number of benzene rings is 1. The van der Waals surface area contributed by atoms with Crippen LogP contribution in [0.4, 0.5) is 0 Å². The van der Waals surface area contributed by atoms with Crippen LogP contribution in [0.15, 0.2) is 24.4 Å². The normalized spacial score (nSPS) is 29.5. The zero-order chi connectivity index (χ0) is 17.1. The molecule has 0 spiro atoms. The van der Waals surface area contributed by atoms with E-state index in [1.807, 2.05) is 0 Å². The summed E-state index contributed by atoms with van der Waals surface area (Å²) in [5, 5.41) is 1.39. The van der Waals surface area contributed by atoms with Gasteiger partial charge >= 0.3 is 0 Å². The lowest BCUT2D eigenvalue weighted by Crippen LogP contribution is -2.50. The molecule has 1 N–H and O–H groups in total. The van der Waals surface area contributed by atoms with Crippen molar-refractivity contribution in [2.24, 2.45) is 5.92 Å². The third kappa shape index (κ3) is 2.25. The summed E-state index contributed by atoms with van der Waals surface area (Å²) in [6.45, 7) is 1.54. The topological polar surface area (TPSA) is 56.4 Å². The number of rotatable bonds is 2. The molecule has 1 aromatic heterocycles. The summed E-state index contributed by atoms with van der Waals surface area (Å²) in [5.74, 6) is 0.846. The lowest BCUT2D eigenvalue weighted by atomic mass is 9.72. The van der Waals surface area contributed by atoms with Gasteiger partial charge in [0.1, 0.15) is 0 Å². The number of aromatic nitrogens is 1. The van der Waals surface area contributed by atoms with Crippen molar-refractivity contribution in [1.29, 1.82) is 0 Å². The summed E-state index contributed by atoms with van der Waals surface area (Å²) >= 11 is 0. The van der Waals surface area contributed by atoms with Gasteiger partial charge in [0.05, 0.1) is 0 Å². The van der Waals surface area contributed by atoms with E-state index in [4.69, 9.17) is 0 Å². The average molecular weight is 337 g/mol. The summed E-state index contributed by atoms with van der Waals surface area (Å²) < 4.78 is 0. The lowest BCUT2D eigenvalue weighted by molar-refractivity contribution is -0.139. The highest BCUT2D eigenvalue weighted by atomic mass is 16.2. The van der Waals surface area contributed by atoms with Crippen molar-refractivity contribution in [3.8, 4) is 0 Å². The van der Waals surface area contributed by atoms with Crippen LogP contribution >= 0.6 is 0 Å². The molecule has 1 aromatic carbocycles. The Labute approximate surface area is 147 Å². The minimum Gasteiger partial charge on any atom is -0.361 e. The molecule has 1 unspecified atom stereocenters. The zero-order valence-corrected chi connectivity index (χ0v) is 14.5. The van der Waals surface area contributed by atoms with E-state index in [0.717, 1.165) is 19.4 Å². The standard InChI is InChI=1S/C20H23N3O2/c1-22-10-12(11-23-18(24)5-6-19(23)25)7-15-14-3-2-4-16-20(14)13(9-21-16)8-17(15)22/h2-4,9,12,15,17,21H,5-8,10-11H2,1H3/t12-,15?,17-/m1/s1. The van der Waals surface area contributed by atoms with Crippen LogP contribution in [-0.2, 0) is 16.0 Å². The molecule has 2 amide bonds. The van der Waals surface area contributed by atoms with Gasteiger partial charge in [-0.3, -0.25) is 14.5 Å². The molecule has 5 heteroatoms. The van der Waals surface area contributed by atoms with E-state index in [-0.39, 0.29) is 11.8 Å². The summed E-state index contributed by atoms with van der Waals surface area (Å²) in [5.41, 5.74) is 4.07. The van der Waals surface area contributed by atoms with Gasteiger partial charge in [-0.1, -0.05) is 12.1 Å². The van der Waals surface area contributed by atoms with Crippen molar-refractivity contribution in [3.63, 3.8) is 0 Å². The van der Waals surface area contributed by atoms with Gasteiger partial charge < -0.3 is 9.88 Å². The minimum atomic E-state index is 0.00782. The summed E-state index contributed by atoms with van der Waals surface area (Å²) in [6, 6.07) is 7.06. The molecule has 25 heavy (non-hydrogen) atoms. The first kappa shape index (κ1) is 15.1. The van der Waals surface area contributed by atoms with Crippen LogP contribution in [0.5, 0.6) is 0 Å². The maximum atomic E-state index is 12.0. The van der Waals surface area contributed by atoms with Gasteiger partial charge in [0.2, 0.25) is 11.8 Å². The van der Waals surface area contributed by atoms with Crippen LogP contribution in [-0.4, -0.2) is 52.8 Å². The molecule has 0 saturated carbocycles. The van der Waals surface area contributed by atoms with Crippen LogP contribution in [0.2, 0.25) is 0 Å². The van der Waals surface area contributed by atoms with Crippen molar-refractivity contribution < 1.29 is 9.59 Å². The molecular formula is C20H23N3O2. The average Bonchev–Trinajstić information content (AvgIpc) is 3.16. The van der Waals surface area contributed by atoms with Gasteiger partial charge in [-0.25, -0.2) is 0 Å². The molecule has 130 valence electrons. The number of hydrogen-bond acceptors (Lipinski definition) is 3. The van der Waals surface area contributed by atoms with E-state index in [1.165, 1.54) is 26.9 Å². The molecular weight excluding hydrogens is 314 g/mol. The van der Waals surface area contributed by atoms with Gasteiger partial charge in [-0.2, -0.15) is 0 Å². The molecule has 3 heterocycles. The Balaban J connectivity index is 1.46. The number of hydrogen-bond donors (Lipinski definition) is 1. The van der Waals surface area contributed by atoms with E-state index in [2.05, 4.69) is 41.3 Å². The van der Waals surface area contributed by atoms with Crippen molar-refractivity contribution in [1.82, 2.24) is 14.8 Å². The Hall–Kier alpha value is -2.14. The van der Waals surface area contributed by atoms with E-state index >= 15 is 0 Å². The number of nitrogens with zero attached hydrogens (tertiary/aromatic N) is 2. The fourth-order valence-electron chi connectivity index (χ4n) is 5.27. The number of aromatic amines is 1. The predicted molar refractivity (Wildman–Crippen MR) is 95.2 cm³/mol.